The van der Waals surface area contributed by atoms with Crippen molar-refractivity contribution < 1.29 is 0 Å². The quantitative estimate of drug-likeness (QED) is 0.918. The van der Waals surface area contributed by atoms with E-state index in [-0.39, 0.29) is 0 Å². The van der Waals surface area contributed by atoms with Crippen molar-refractivity contribution in [2.24, 2.45) is 13.0 Å². The molecule has 0 amide bonds. The monoisotopic (exact) mass is 325 g/mol. The second kappa shape index (κ2) is 5.88. The molecule has 0 fully saturated rings. The molecule has 0 atom stereocenters. The van der Waals surface area contributed by atoms with E-state index >= 15 is 0 Å². The van der Waals surface area contributed by atoms with Crippen LogP contribution in [0.4, 0.5) is 0 Å². The fourth-order valence-corrected chi connectivity index (χ4v) is 2.37. The normalized spacial score (nSPS) is 11.5. The van der Waals surface area contributed by atoms with E-state index in [0.29, 0.717) is 5.92 Å². The molecule has 104 valence electrons. The lowest BCUT2D eigenvalue weighted by atomic mass is 10.2. The summed E-state index contributed by atoms with van der Waals surface area (Å²) in [5.41, 5.74) is 2.24. The lowest BCUT2D eigenvalue weighted by molar-refractivity contribution is 0.550. The van der Waals surface area contributed by atoms with E-state index in [9.17, 15) is 0 Å². The highest BCUT2D eigenvalue weighted by atomic mass is 79.9. The first-order chi connectivity index (χ1) is 8.99. The summed E-state index contributed by atoms with van der Waals surface area (Å²) >= 11 is 3.43. The molecule has 2 rings (SSSR count). The first-order valence-electron chi connectivity index (χ1n) is 6.42. The molecule has 0 aromatic carbocycles. The Kier molecular flexibility index (Phi) is 4.42. The smallest absolute Gasteiger partial charge is 0.156 e. The largest absolute Gasteiger partial charge is 0.312 e. The molecule has 0 aliphatic rings. The third kappa shape index (κ3) is 3.25. The van der Waals surface area contributed by atoms with Crippen molar-refractivity contribution in [1.29, 1.82) is 0 Å². The van der Waals surface area contributed by atoms with Crippen LogP contribution in [0.15, 0.2) is 16.9 Å². The molecule has 0 radical (unpaired) electrons. The van der Waals surface area contributed by atoms with Gasteiger partial charge in [-0.2, -0.15) is 10.2 Å². The van der Waals surface area contributed by atoms with Gasteiger partial charge in [0.1, 0.15) is 0 Å². The predicted octanol–water partition coefficient (Wildman–Crippen LogP) is 2.42. The van der Waals surface area contributed by atoms with Crippen molar-refractivity contribution in [3.8, 4) is 5.82 Å². The van der Waals surface area contributed by atoms with Crippen LogP contribution in [0, 0.1) is 12.8 Å². The molecule has 0 aliphatic heterocycles. The van der Waals surface area contributed by atoms with Crippen molar-refractivity contribution >= 4 is 15.9 Å². The van der Waals surface area contributed by atoms with Crippen molar-refractivity contribution in [1.82, 2.24) is 24.9 Å². The van der Waals surface area contributed by atoms with Crippen LogP contribution in [0.1, 0.15) is 25.1 Å². The molecular formula is C13H20BrN5. The Morgan fingerprint density at radius 2 is 2.16 bits per heavy atom. The zero-order valence-electron chi connectivity index (χ0n) is 11.8. The second-order valence-electron chi connectivity index (χ2n) is 5.14. The predicted molar refractivity (Wildman–Crippen MR) is 79.3 cm³/mol. The Balaban J connectivity index is 2.27. The van der Waals surface area contributed by atoms with E-state index in [4.69, 9.17) is 0 Å². The molecular weight excluding hydrogens is 306 g/mol. The molecule has 0 saturated carbocycles. The Hall–Kier alpha value is -1.14. The number of halogens is 1. The van der Waals surface area contributed by atoms with Gasteiger partial charge in [0.25, 0.3) is 0 Å². The lowest BCUT2D eigenvalue weighted by Gasteiger charge is -2.09. The number of aromatic nitrogens is 4. The number of hydrogen-bond acceptors (Lipinski definition) is 3. The maximum absolute atomic E-state index is 4.49. The first kappa shape index (κ1) is 14.3. The van der Waals surface area contributed by atoms with Gasteiger partial charge in [-0.25, -0.2) is 4.68 Å². The van der Waals surface area contributed by atoms with E-state index in [1.54, 1.807) is 6.20 Å². The molecule has 1 N–H and O–H groups in total. The highest BCUT2D eigenvalue weighted by Crippen LogP contribution is 2.19. The summed E-state index contributed by atoms with van der Waals surface area (Å²) in [5.74, 6) is 1.65. The second-order valence-corrected chi connectivity index (χ2v) is 6.05. The number of nitrogens with zero attached hydrogens (tertiary/aromatic N) is 4. The SMILES string of the molecule is Cc1nn(C)c(-n2cc(Br)cn2)c1CNCC(C)C. The van der Waals surface area contributed by atoms with E-state index in [1.807, 2.05) is 29.5 Å². The van der Waals surface area contributed by atoms with Gasteiger partial charge in [0.05, 0.1) is 16.4 Å². The van der Waals surface area contributed by atoms with Gasteiger partial charge in [0.15, 0.2) is 5.82 Å². The summed E-state index contributed by atoms with van der Waals surface area (Å²) in [7, 11) is 1.95. The van der Waals surface area contributed by atoms with E-state index in [1.165, 1.54) is 5.56 Å². The molecule has 2 aromatic rings. The molecule has 0 aliphatic carbocycles. The molecule has 2 aromatic heterocycles. The molecule has 5 nitrogen and oxygen atoms in total. The summed E-state index contributed by atoms with van der Waals surface area (Å²) < 4.78 is 4.70. The highest BCUT2D eigenvalue weighted by molar-refractivity contribution is 9.10. The minimum absolute atomic E-state index is 0.638. The number of nitrogens with one attached hydrogen (secondary N) is 1. The van der Waals surface area contributed by atoms with Gasteiger partial charge in [0.2, 0.25) is 0 Å². The minimum atomic E-state index is 0.638. The van der Waals surface area contributed by atoms with Crippen molar-refractivity contribution in [3.63, 3.8) is 0 Å². The van der Waals surface area contributed by atoms with Gasteiger partial charge in [-0.05, 0) is 35.3 Å². The fourth-order valence-electron chi connectivity index (χ4n) is 2.09. The van der Waals surface area contributed by atoms with E-state index in [2.05, 4.69) is 45.3 Å². The van der Waals surface area contributed by atoms with Crippen LogP contribution in [0.5, 0.6) is 0 Å². The van der Waals surface area contributed by atoms with Gasteiger partial charge in [0, 0.05) is 25.4 Å². The summed E-state index contributed by atoms with van der Waals surface area (Å²) in [6, 6.07) is 0. The third-order valence-electron chi connectivity index (χ3n) is 2.94. The molecule has 0 unspecified atom stereocenters. The zero-order chi connectivity index (χ0) is 14.0. The standard InChI is InChI=1S/C13H20BrN5/c1-9(2)5-15-7-12-10(3)17-18(4)13(12)19-8-11(14)6-16-19/h6,8-9,15H,5,7H2,1-4H3. The minimum Gasteiger partial charge on any atom is -0.312 e. The van der Waals surface area contributed by atoms with Gasteiger partial charge >= 0.3 is 0 Å². The molecule has 0 bridgehead atoms. The molecule has 0 spiro atoms. The Bertz CT molecular complexity index is 555. The van der Waals surface area contributed by atoms with Crippen LogP contribution in [0.3, 0.4) is 0 Å². The maximum Gasteiger partial charge on any atom is 0.156 e. The topological polar surface area (TPSA) is 47.7 Å². The average Bonchev–Trinajstić information content (AvgIpc) is 2.83. The summed E-state index contributed by atoms with van der Waals surface area (Å²) in [5, 5.41) is 12.3. The molecule has 0 saturated heterocycles. The van der Waals surface area contributed by atoms with E-state index in [0.717, 1.165) is 29.1 Å². The van der Waals surface area contributed by atoms with Gasteiger partial charge in [-0.3, -0.25) is 4.68 Å². The number of rotatable bonds is 5. The fraction of sp³-hybridized carbons (Fsp3) is 0.538. The summed E-state index contributed by atoms with van der Waals surface area (Å²) in [6.45, 7) is 8.25. The van der Waals surface area contributed by atoms with Crippen LogP contribution >= 0.6 is 15.9 Å². The summed E-state index contributed by atoms with van der Waals surface area (Å²) in [6.07, 6.45) is 3.73. The summed E-state index contributed by atoms with van der Waals surface area (Å²) in [4.78, 5) is 0. The maximum atomic E-state index is 4.49. The van der Waals surface area contributed by atoms with Gasteiger partial charge < -0.3 is 5.32 Å². The molecule has 19 heavy (non-hydrogen) atoms. The van der Waals surface area contributed by atoms with Crippen molar-refractivity contribution in [3.05, 3.63) is 28.1 Å². The lowest BCUT2D eigenvalue weighted by Crippen LogP contribution is -2.20. The Morgan fingerprint density at radius 3 is 2.74 bits per heavy atom. The van der Waals surface area contributed by atoms with Gasteiger partial charge in [-0.15, -0.1) is 0 Å². The highest BCUT2D eigenvalue weighted by Gasteiger charge is 2.15. The zero-order valence-corrected chi connectivity index (χ0v) is 13.4. The van der Waals surface area contributed by atoms with Gasteiger partial charge in [-0.1, -0.05) is 13.8 Å². The Labute approximate surface area is 122 Å². The number of hydrogen-bond donors (Lipinski definition) is 1. The first-order valence-corrected chi connectivity index (χ1v) is 7.22. The van der Waals surface area contributed by atoms with Crippen LogP contribution in [-0.4, -0.2) is 26.1 Å². The van der Waals surface area contributed by atoms with Crippen molar-refractivity contribution in [2.75, 3.05) is 6.54 Å². The van der Waals surface area contributed by atoms with Crippen LogP contribution in [-0.2, 0) is 13.6 Å². The molecule has 6 heteroatoms. The van der Waals surface area contributed by atoms with E-state index < -0.39 is 0 Å². The van der Waals surface area contributed by atoms with Crippen molar-refractivity contribution in [2.45, 2.75) is 27.3 Å². The van der Waals surface area contributed by atoms with Crippen LogP contribution in [0.2, 0.25) is 0 Å². The van der Waals surface area contributed by atoms with Crippen LogP contribution in [0.25, 0.3) is 5.82 Å². The average molecular weight is 326 g/mol. The Morgan fingerprint density at radius 1 is 1.42 bits per heavy atom. The molecule has 2 heterocycles. The van der Waals surface area contributed by atoms with Crippen LogP contribution < -0.4 is 5.32 Å². The third-order valence-corrected chi connectivity index (χ3v) is 3.35. The number of aryl methyl sites for hydroxylation is 2.